The minimum atomic E-state index is -0.215. The van der Waals surface area contributed by atoms with Gasteiger partial charge < -0.3 is 10.5 Å². The Morgan fingerprint density at radius 3 is 2.94 bits per heavy atom. The van der Waals surface area contributed by atoms with E-state index in [0.717, 1.165) is 23.7 Å². The molecule has 0 saturated heterocycles. The maximum Gasteiger partial charge on any atom is 0.306 e. The first-order valence-electron chi connectivity index (χ1n) is 5.48. The largest absolute Gasteiger partial charge is 0.469 e. The van der Waals surface area contributed by atoms with E-state index in [1.54, 1.807) is 6.07 Å². The third-order valence-electron chi connectivity index (χ3n) is 2.03. The number of carbonyl (C=O) groups is 1. The molecule has 1 aromatic rings. The molecule has 0 bridgehead atoms. The van der Waals surface area contributed by atoms with Crippen LogP contribution in [0, 0.1) is 0 Å². The summed E-state index contributed by atoms with van der Waals surface area (Å²) in [6, 6.07) is 1.72. The number of nitrogens with zero attached hydrogens (tertiary/aromatic N) is 2. The van der Waals surface area contributed by atoms with E-state index in [1.165, 1.54) is 18.9 Å². The van der Waals surface area contributed by atoms with Gasteiger partial charge in [-0.15, -0.1) is 11.8 Å². The van der Waals surface area contributed by atoms with Gasteiger partial charge in [0.25, 0.3) is 0 Å². The number of nitrogens with two attached hydrogens (primary N) is 1. The molecule has 0 aliphatic rings. The zero-order valence-electron chi connectivity index (χ0n) is 10.1. The molecule has 5 nitrogen and oxygen atoms in total. The summed E-state index contributed by atoms with van der Waals surface area (Å²) >= 11 is 1.49. The van der Waals surface area contributed by atoms with Crippen molar-refractivity contribution < 1.29 is 9.53 Å². The van der Waals surface area contributed by atoms with E-state index in [2.05, 4.69) is 21.6 Å². The molecule has 94 valence electrons. The summed E-state index contributed by atoms with van der Waals surface area (Å²) in [6.07, 6.45) is 2.17. The van der Waals surface area contributed by atoms with Crippen molar-refractivity contribution in [1.82, 2.24) is 9.97 Å². The highest BCUT2D eigenvalue weighted by atomic mass is 32.2. The van der Waals surface area contributed by atoms with Gasteiger partial charge in [-0.05, 0) is 6.42 Å². The molecule has 17 heavy (non-hydrogen) atoms. The Balaban J connectivity index is 2.55. The fourth-order valence-corrected chi connectivity index (χ4v) is 2.09. The lowest BCUT2D eigenvalue weighted by Crippen LogP contribution is -2.03. The Bertz CT molecular complexity index is 385. The summed E-state index contributed by atoms with van der Waals surface area (Å²) in [5.74, 6) is 1.65. The van der Waals surface area contributed by atoms with Crippen molar-refractivity contribution in [3.63, 3.8) is 0 Å². The van der Waals surface area contributed by atoms with Crippen LogP contribution in [0.4, 0.5) is 5.82 Å². The monoisotopic (exact) mass is 255 g/mol. The molecule has 1 rings (SSSR count). The number of esters is 1. The second kappa shape index (κ2) is 7.11. The number of aromatic nitrogens is 2. The molecule has 0 spiro atoms. The molecule has 2 N–H and O–H groups in total. The number of ether oxygens (including phenoxy) is 1. The first-order valence-corrected chi connectivity index (χ1v) is 6.47. The highest BCUT2D eigenvalue weighted by Gasteiger charge is 2.05. The maximum atomic E-state index is 10.9. The van der Waals surface area contributed by atoms with Crippen molar-refractivity contribution in [2.75, 3.05) is 18.6 Å². The average Bonchev–Trinajstić information content (AvgIpc) is 2.28. The van der Waals surface area contributed by atoms with E-state index in [0.29, 0.717) is 18.0 Å². The lowest BCUT2D eigenvalue weighted by molar-refractivity contribution is -0.140. The number of hydrogen-bond acceptors (Lipinski definition) is 6. The van der Waals surface area contributed by atoms with Crippen molar-refractivity contribution in [1.29, 1.82) is 0 Å². The number of methoxy groups -OCH3 is 1. The highest BCUT2D eigenvalue weighted by molar-refractivity contribution is 7.99. The smallest absolute Gasteiger partial charge is 0.306 e. The number of aryl methyl sites for hydroxylation is 1. The van der Waals surface area contributed by atoms with Gasteiger partial charge in [-0.3, -0.25) is 4.79 Å². The van der Waals surface area contributed by atoms with Crippen LogP contribution >= 0.6 is 11.8 Å². The van der Waals surface area contributed by atoms with Gasteiger partial charge >= 0.3 is 5.97 Å². The van der Waals surface area contributed by atoms with Gasteiger partial charge in [0, 0.05) is 18.2 Å². The van der Waals surface area contributed by atoms with E-state index < -0.39 is 0 Å². The van der Waals surface area contributed by atoms with E-state index in [1.807, 2.05) is 0 Å². The molecular weight excluding hydrogens is 238 g/mol. The lowest BCUT2D eigenvalue weighted by Gasteiger charge is -2.04. The van der Waals surface area contributed by atoms with Crippen LogP contribution in [0.15, 0.2) is 11.1 Å². The first kappa shape index (κ1) is 13.8. The van der Waals surface area contributed by atoms with Crippen molar-refractivity contribution in [3.05, 3.63) is 11.9 Å². The molecule has 0 unspecified atom stereocenters. The molecule has 0 fully saturated rings. The summed E-state index contributed by atoms with van der Waals surface area (Å²) in [4.78, 5) is 19.5. The van der Waals surface area contributed by atoms with Crippen LogP contribution < -0.4 is 5.73 Å². The number of anilines is 1. The van der Waals surface area contributed by atoms with Gasteiger partial charge in [0.15, 0.2) is 0 Å². The summed E-state index contributed by atoms with van der Waals surface area (Å²) in [5, 5.41) is 0.810. The quantitative estimate of drug-likeness (QED) is 0.473. The second-order valence-corrected chi connectivity index (χ2v) is 4.59. The molecule has 0 aliphatic heterocycles. The molecule has 1 aromatic heterocycles. The van der Waals surface area contributed by atoms with Crippen molar-refractivity contribution in [2.45, 2.75) is 31.2 Å². The van der Waals surface area contributed by atoms with Crippen molar-refractivity contribution >= 4 is 23.5 Å². The second-order valence-electron chi connectivity index (χ2n) is 3.47. The highest BCUT2D eigenvalue weighted by Crippen LogP contribution is 2.18. The molecule has 0 saturated carbocycles. The Hall–Kier alpha value is -1.30. The van der Waals surface area contributed by atoms with Crippen LogP contribution in [-0.4, -0.2) is 28.8 Å². The maximum absolute atomic E-state index is 10.9. The van der Waals surface area contributed by atoms with Gasteiger partial charge in [0.05, 0.1) is 13.5 Å². The summed E-state index contributed by atoms with van der Waals surface area (Å²) < 4.78 is 4.56. The van der Waals surface area contributed by atoms with Crippen molar-refractivity contribution in [3.8, 4) is 0 Å². The number of thioether (sulfide) groups is 1. The van der Waals surface area contributed by atoms with Gasteiger partial charge in [0.2, 0.25) is 0 Å². The number of nitrogen functional groups attached to an aromatic ring is 1. The van der Waals surface area contributed by atoms with E-state index in [9.17, 15) is 4.79 Å². The third-order valence-corrected chi connectivity index (χ3v) is 2.94. The summed E-state index contributed by atoms with van der Waals surface area (Å²) in [7, 11) is 1.38. The zero-order valence-corrected chi connectivity index (χ0v) is 10.9. The lowest BCUT2D eigenvalue weighted by atomic mass is 10.3. The van der Waals surface area contributed by atoms with Gasteiger partial charge in [-0.25, -0.2) is 9.97 Å². The van der Waals surface area contributed by atoms with Crippen LogP contribution in [0.25, 0.3) is 0 Å². The van der Waals surface area contributed by atoms with Crippen LogP contribution in [-0.2, 0) is 16.0 Å². The van der Waals surface area contributed by atoms with Crippen LogP contribution in [0.5, 0.6) is 0 Å². The minimum Gasteiger partial charge on any atom is -0.469 e. The Labute approximate surface area is 105 Å². The summed E-state index contributed by atoms with van der Waals surface area (Å²) in [5.41, 5.74) is 5.69. The third kappa shape index (κ3) is 5.04. The van der Waals surface area contributed by atoms with Gasteiger partial charge in [-0.1, -0.05) is 6.92 Å². The SMILES string of the molecule is CCCc1nc(N)cc(SCCC(=O)OC)n1. The molecule has 0 aliphatic carbocycles. The van der Waals surface area contributed by atoms with Crippen LogP contribution in [0.3, 0.4) is 0 Å². The fraction of sp³-hybridized carbons (Fsp3) is 0.545. The average molecular weight is 255 g/mol. The van der Waals surface area contributed by atoms with Crippen LogP contribution in [0.2, 0.25) is 0 Å². The molecule has 0 amide bonds. The Morgan fingerprint density at radius 2 is 2.29 bits per heavy atom. The Morgan fingerprint density at radius 1 is 1.53 bits per heavy atom. The minimum absolute atomic E-state index is 0.215. The number of hydrogen-bond donors (Lipinski definition) is 1. The number of rotatable bonds is 6. The van der Waals surface area contributed by atoms with E-state index >= 15 is 0 Å². The zero-order chi connectivity index (χ0) is 12.7. The molecule has 0 atom stereocenters. The molecule has 6 heteroatoms. The van der Waals surface area contributed by atoms with Crippen LogP contribution in [0.1, 0.15) is 25.6 Å². The number of carbonyl (C=O) groups excluding carboxylic acids is 1. The van der Waals surface area contributed by atoms with E-state index in [-0.39, 0.29) is 5.97 Å². The Kier molecular flexibility index (Phi) is 5.76. The predicted octanol–water partition coefficient (Wildman–Crippen LogP) is 1.67. The van der Waals surface area contributed by atoms with Crippen molar-refractivity contribution in [2.24, 2.45) is 0 Å². The fourth-order valence-electron chi connectivity index (χ4n) is 1.24. The molecular formula is C11H17N3O2S. The predicted molar refractivity (Wildman–Crippen MR) is 67.8 cm³/mol. The van der Waals surface area contributed by atoms with E-state index in [4.69, 9.17) is 5.73 Å². The van der Waals surface area contributed by atoms with Gasteiger partial charge in [0.1, 0.15) is 16.7 Å². The molecule has 1 heterocycles. The normalized spacial score (nSPS) is 10.2. The standard InChI is InChI=1S/C11H17N3O2S/c1-3-4-9-13-8(12)7-10(14-9)17-6-5-11(15)16-2/h7H,3-6H2,1-2H3,(H2,12,13,14). The first-order chi connectivity index (χ1) is 8.15. The molecule has 0 radical (unpaired) electrons. The summed E-state index contributed by atoms with van der Waals surface area (Å²) in [6.45, 7) is 2.07. The topological polar surface area (TPSA) is 78.1 Å². The molecule has 0 aromatic carbocycles. The van der Waals surface area contributed by atoms with Gasteiger partial charge in [-0.2, -0.15) is 0 Å².